The van der Waals surface area contributed by atoms with Gasteiger partial charge in [0.05, 0.1) is 19.9 Å². The predicted molar refractivity (Wildman–Crippen MR) is 53.1 cm³/mol. The molecule has 0 unspecified atom stereocenters. The monoisotopic (exact) mass is 225 g/mol. The fourth-order valence-electron chi connectivity index (χ4n) is 1.13. The molecule has 0 fully saturated rings. The van der Waals surface area contributed by atoms with Gasteiger partial charge < -0.3 is 9.47 Å². The van der Waals surface area contributed by atoms with E-state index < -0.39 is 17.3 Å². The van der Waals surface area contributed by atoms with Crippen LogP contribution in [0.4, 0.5) is 10.1 Å². The van der Waals surface area contributed by atoms with E-state index in [0.29, 0.717) is 0 Å². The molecule has 0 heterocycles. The van der Waals surface area contributed by atoms with Crippen LogP contribution in [0.3, 0.4) is 0 Å². The minimum atomic E-state index is -0.932. The summed E-state index contributed by atoms with van der Waals surface area (Å²) in [6, 6.07) is 2.53. The predicted octanol–water partition coefficient (Wildman–Crippen LogP) is 2.56. The highest BCUT2D eigenvalue weighted by Gasteiger charge is 2.20. The van der Waals surface area contributed by atoms with E-state index in [9.17, 15) is 9.18 Å². The minimum Gasteiger partial charge on any atom is -0.494 e. The van der Waals surface area contributed by atoms with Gasteiger partial charge >= 0.3 is 5.97 Å². The molecule has 0 aliphatic heterocycles. The average molecular weight is 225 g/mol. The third-order valence-corrected chi connectivity index (χ3v) is 1.85. The number of azide groups is 1. The summed E-state index contributed by atoms with van der Waals surface area (Å²) in [5.74, 6) is -1.98. The van der Waals surface area contributed by atoms with Crippen molar-refractivity contribution in [1.82, 2.24) is 0 Å². The van der Waals surface area contributed by atoms with Gasteiger partial charge in [-0.15, -0.1) is 0 Å². The van der Waals surface area contributed by atoms with E-state index in [0.717, 1.165) is 7.11 Å². The highest BCUT2D eigenvalue weighted by Crippen LogP contribution is 2.29. The van der Waals surface area contributed by atoms with E-state index in [-0.39, 0.29) is 11.4 Å². The first-order chi connectivity index (χ1) is 7.65. The normalized spacial score (nSPS) is 9.19. The van der Waals surface area contributed by atoms with Crippen molar-refractivity contribution in [2.75, 3.05) is 14.2 Å². The molecule has 1 aromatic rings. The Hall–Kier alpha value is -2.27. The summed E-state index contributed by atoms with van der Waals surface area (Å²) in [5.41, 5.74) is 7.68. The second-order valence-electron chi connectivity index (χ2n) is 2.66. The number of ether oxygens (including phenoxy) is 2. The Morgan fingerprint density at radius 3 is 2.69 bits per heavy atom. The van der Waals surface area contributed by atoms with Crippen LogP contribution in [0.15, 0.2) is 17.2 Å². The van der Waals surface area contributed by atoms with Crippen LogP contribution >= 0.6 is 0 Å². The van der Waals surface area contributed by atoms with E-state index in [2.05, 4.69) is 14.8 Å². The maximum absolute atomic E-state index is 13.7. The Balaban J connectivity index is 3.48. The van der Waals surface area contributed by atoms with Crippen molar-refractivity contribution in [2.45, 2.75) is 0 Å². The van der Waals surface area contributed by atoms with Crippen molar-refractivity contribution in [2.24, 2.45) is 5.11 Å². The summed E-state index contributed by atoms with van der Waals surface area (Å²) in [6.45, 7) is 0. The largest absolute Gasteiger partial charge is 0.494 e. The van der Waals surface area contributed by atoms with Crippen LogP contribution < -0.4 is 4.74 Å². The number of hydrogen-bond donors (Lipinski definition) is 0. The second kappa shape index (κ2) is 4.99. The van der Waals surface area contributed by atoms with Crippen molar-refractivity contribution in [1.29, 1.82) is 0 Å². The zero-order valence-electron chi connectivity index (χ0n) is 8.60. The smallest absolute Gasteiger partial charge is 0.341 e. The number of carbonyl (C=O) groups is 1. The molecule has 0 aliphatic carbocycles. The summed E-state index contributed by atoms with van der Waals surface area (Å²) in [4.78, 5) is 13.8. The summed E-state index contributed by atoms with van der Waals surface area (Å²) >= 11 is 0. The molecule has 84 valence electrons. The highest BCUT2D eigenvalue weighted by atomic mass is 19.1. The molecular weight excluding hydrogens is 217 g/mol. The number of esters is 1. The molecule has 0 N–H and O–H groups in total. The lowest BCUT2D eigenvalue weighted by Crippen LogP contribution is -2.06. The van der Waals surface area contributed by atoms with E-state index in [1.807, 2.05) is 0 Å². The van der Waals surface area contributed by atoms with Gasteiger partial charge in [0.25, 0.3) is 0 Å². The lowest BCUT2D eigenvalue weighted by Gasteiger charge is -2.08. The van der Waals surface area contributed by atoms with Gasteiger partial charge in [-0.1, -0.05) is 5.11 Å². The molecule has 0 radical (unpaired) electrons. The molecule has 7 heteroatoms. The average Bonchev–Trinajstić information content (AvgIpc) is 2.29. The Morgan fingerprint density at radius 1 is 1.50 bits per heavy atom. The summed E-state index contributed by atoms with van der Waals surface area (Å²) in [6.07, 6.45) is 0. The standard InChI is InChI=1S/C9H8FN3O3/c1-15-6-4-3-5(12-13-11)7(8(6)10)9(14)16-2/h3-4H,1-2H3. The van der Waals surface area contributed by atoms with Gasteiger partial charge in [0.1, 0.15) is 5.56 Å². The van der Waals surface area contributed by atoms with Crippen LogP contribution in [-0.2, 0) is 4.74 Å². The first-order valence-corrected chi connectivity index (χ1v) is 4.15. The van der Waals surface area contributed by atoms with Gasteiger partial charge in [0.15, 0.2) is 11.6 Å². The summed E-state index contributed by atoms with van der Waals surface area (Å²) in [7, 11) is 2.35. The van der Waals surface area contributed by atoms with Crippen molar-refractivity contribution in [3.8, 4) is 5.75 Å². The van der Waals surface area contributed by atoms with Crippen LogP contribution in [0.1, 0.15) is 10.4 Å². The lowest BCUT2D eigenvalue weighted by molar-refractivity contribution is 0.0595. The second-order valence-corrected chi connectivity index (χ2v) is 2.66. The van der Waals surface area contributed by atoms with Crippen LogP contribution in [-0.4, -0.2) is 20.2 Å². The van der Waals surface area contributed by atoms with Gasteiger partial charge in [0.2, 0.25) is 0 Å². The van der Waals surface area contributed by atoms with Gasteiger partial charge in [0, 0.05) is 4.91 Å². The molecule has 1 rings (SSSR count). The molecule has 1 aromatic carbocycles. The Bertz CT molecular complexity index is 469. The van der Waals surface area contributed by atoms with Crippen LogP contribution in [0.25, 0.3) is 10.4 Å². The number of methoxy groups -OCH3 is 2. The number of halogens is 1. The fraction of sp³-hybridized carbons (Fsp3) is 0.222. The van der Waals surface area contributed by atoms with Gasteiger partial charge in [-0.3, -0.25) is 0 Å². The Kier molecular flexibility index (Phi) is 3.68. The molecule has 0 aromatic heterocycles. The van der Waals surface area contributed by atoms with E-state index >= 15 is 0 Å². The fourth-order valence-corrected chi connectivity index (χ4v) is 1.13. The van der Waals surface area contributed by atoms with Crippen LogP contribution in [0.5, 0.6) is 5.75 Å². The molecule has 6 nitrogen and oxygen atoms in total. The minimum absolute atomic E-state index is 0.128. The number of carbonyl (C=O) groups excluding carboxylic acids is 1. The van der Waals surface area contributed by atoms with Crippen LogP contribution in [0, 0.1) is 5.82 Å². The van der Waals surface area contributed by atoms with E-state index in [1.54, 1.807) is 0 Å². The summed E-state index contributed by atoms with van der Waals surface area (Å²) < 4.78 is 22.8. The third-order valence-electron chi connectivity index (χ3n) is 1.85. The zero-order chi connectivity index (χ0) is 12.1. The molecule has 0 saturated carbocycles. The Labute approximate surface area is 90.2 Å². The van der Waals surface area contributed by atoms with Gasteiger partial charge in [-0.05, 0) is 17.7 Å². The SMILES string of the molecule is COC(=O)c1c(N=[N+]=[N-])ccc(OC)c1F. The Morgan fingerprint density at radius 2 is 2.19 bits per heavy atom. The number of hydrogen-bond acceptors (Lipinski definition) is 4. The molecule has 0 amide bonds. The zero-order valence-corrected chi connectivity index (χ0v) is 8.60. The quantitative estimate of drug-likeness (QED) is 0.343. The number of rotatable bonds is 3. The van der Waals surface area contributed by atoms with Crippen molar-refractivity contribution in [3.05, 3.63) is 34.0 Å². The molecule has 0 bridgehead atoms. The third kappa shape index (κ3) is 2.04. The summed E-state index contributed by atoms with van der Waals surface area (Å²) in [5, 5.41) is 3.20. The maximum atomic E-state index is 13.7. The first kappa shape index (κ1) is 11.8. The van der Waals surface area contributed by atoms with Gasteiger partial charge in [-0.25, -0.2) is 9.18 Å². The molecule has 16 heavy (non-hydrogen) atoms. The molecule has 0 atom stereocenters. The van der Waals surface area contributed by atoms with E-state index in [4.69, 9.17) is 10.3 Å². The van der Waals surface area contributed by atoms with Gasteiger partial charge in [-0.2, -0.15) is 0 Å². The van der Waals surface area contributed by atoms with Crippen molar-refractivity contribution >= 4 is 11.7 Å². The van der Waals surface area contributed by atoms with Crippen molar-refractivity contribution < 1.29 is 18.7 Å². The molecular formula is C9H8FN3O3. The maximum Gasteiger partial charge on any atom is 0.341 e. The molecule has 0 spiro atoms. The number of benzene rings is 1. The first-order valence-electron chi connectivity index (χ1n) is 4.15. The highest BCUT2D eigenvalue weighted by molar-refractivity contribution is 5.95. The molecule has 0 saturated heterocycles. The van der Waals surface area contributed by atoms with Crippen molar-refractivity contribution in [3.63, 3.8) is 0 Å². The van der Waals surface area contributed by atoms with Crippen LogP contribution in [0.2, 0.25) is 0 Å². The van der Waals surface area contributed by atoms with E-state index in [1.165, 1.54) is 19.2 Å². The lowest BCUT2D eigenvalue weighted by atomic mass is 10.1. The molecule has 0 aliphatic rings. The topological polar surface area (TPSA) is 84.3 Å². The number of nitrogens with zero attached hydrogens (tertiary/aromatic N) is 3.